The molecular formula is C17H17BrFNO3. The standard InChI is InChI=1S/C17H17BrFNO3/c1-22-15-6-3-11(9-16(15)23-2)7-8-20-17(21)13-10-12(18)4-5-14(13)19/h3-6,9-10H,7-8H2,1-2H3,(H,20,21). The number of carbonyl (C=O) groups is 1. The van der Waals surface area contributed by atoms with Gasteiger partial charge in [-0.2, -0.15) is 0 Å². The lowest BCUT2D eigenvalue weighted by molar-refractivity contribution is 0.0950. The van der Waals surface area contributed by atoms with E-state index in [0.29, 0.717) is 28.9 Å². The summed E-state index contributed by atoms with van der Waals surface area (Å²) in [6, 6.07) is 9.83. The molecule has 0 saturated heterocycles. The van der Waals surface area contributed by atoms with Gasteiger partial charge in [0, 0.05) is 11.0 Å². The first kappa shape index (κ1) is 17.3. The maximum absolute atomic E-state index is 13.6. The van der Waals surface area contributed by atoms with Gasteiger partial charge in [-0.05, 0) is 42.3 Å². The van der Waals surface area contributed by atoms with Crippen LogP contribution in [0.1, 0.15) is 15.9 Å². The Kier molecular flexibility index (Phi) is 5.98. The molecule has 0 aliphatic heterocycles. The van der Waals surface area contributed by atoms with Crippen molar-refractivity contribution in [3.8, 4) is 11.5 Å². The molecule has 0 fully saturated rings. The van der Waals surface area contributed by atoms with E-state index >= 15 is 0 Å². The monoisotopic (exact) mass is 381 g/mol. The summed E-state index contributed by atoms with van der Waals surface area (Å²) in [5, 5.41) is 2.71. The Morgan fingerprint density at radius 1 is 1.13 bits per heavy atom. The van der Waals surface area contributed by atoms with E-state index in [9.17, 15) is 9.18 Å². The van der Waals surface area contributed by atoms with Crippen LogP contribution >= 0.6 is 15.9 Å². The molecule has 4 nitrogen and oxygen atoms in total. The predicted octanol–water partition coefficient (Wildman–Crippen LogP) is 3.58. The normalized spacial score (nSPS) is 10.3. The van der Waals surface area contributed by atoms with Gasteiger partial charge in [-0.25, -0.2) is 4.39 Å². The van der Waals surface area contributed by atoms with Crippen LogP contribution in [0.15, 0.2) is 40.9 Å². The van der Waals surface area contributed by atoms with E-state index in [-0.39, 0.29) is 5.56 Å². The van der Waals surface area contributed by atoms with Crippen LogP contribution in [0.2, 0.25) is 0 Å². The Morgan fingerprint density at radius 2 is 1.87 bits per heavy atom. The first-order valence-corrected chi connectivity index (χ1v) is 7.78. The molecule has 0 unspecified atom stereocenters. The lowest BCUT2D eigenvalue weighted by Crippen LogP contribution is -2.26. The Bertz CT molecular complexity index is 706. The van der Waals surface area contributed by atoms with E-state index in [1.807, 2.05) is 18.2 Å². The number of benzene rings is 2. The lowest BCUT2D eigenvalue weighted by atomic mass is 10.1. The van der Waals surface area contributed by atoms with E-state index in [4.69, 9.17) is 9.47 Å². The van der Waals surface area contributed by atoms with Crippen LogP contribution in [-0.2, 0) is 6.42 Å². The van der Waals surface area contributed by atoms with Crippen molar-refractivity contribution in [1.82, 2.24) is 5.32 Å². The first-order valence-electron chi connectivity index (χ1n) is 6.99. The number of hydrogen-bond donors (Lipinski definition) is 1. The van der Waals surface area contributed by atoms with Gasteiger partial charge >= 0.3 is 0 Å². The molecule has 2 rings (SSSR count). The molecule has 0 bridgehead atoms. The summed E-state index contributed by atoms with van der Waals surface area (Å²) in [5.74, 6) is 0.298. The smallest absolute Gasteiger partial charge is 0.254 e. The van der Waals surface area contributed by atoms with Gasteiger partial charge in [-0.15, -0.1) is 0 Å². The van der Waals surface area contributed by atoms with Gasteiger partial charge in [-0.3, -0.25) is 4.79 Å². The molecule has 0 aromatic heterocycles. The minimum absolute atomic E-state index is 0.0201. The largest absolute Gasteiger partial charge is 0.493 e. The molecule has 2 aromatic rings. The molecule has 0 aliphatic carbocycles. The van der Waals surface area contributed by atoms with Gasteiger partial charge in [-0.1, -0.05) is 22.0 Å². The molecule has 0 saturated carbocycles. The number of hydrogen-bond acceptors (Lipinski definition) is 3. The van der Waals surface area contributed by atoms with Crippen LogP contribution in [0.5, 0.6) is 11.5 Å². The number of halogens is 2. The van der Waals surface area contributed by atoms with E-state index in [0.717, 1.165) is 5.56 Å². The maximum Gasteiger partial charge on any atom is 0.254 e. The number of ether oxygens (including phenoxy) is 2. The average molecular weight is 382 g/mol. The van der Waals surface area contributed by atoms with Gasteiger partial charge in [0.2, 0.25) is 0 Å². The van der Waals surface area contributed by atoms with E-state index in [2.05, 4.69) is 21.2 Å². The van der Waals surface area contributed by atoms with Gasteiger partial charge in [0.25, 0.3) is 5.91 Å². The Balaban J connectivity index is 1.97. The molecule has 1 amide bonds. The molecule has 0 radical (unpaired) electrons. The van der Waals surface area contributed by atoms with Gasteiger partial charge in [0.1, 0.15) is 5.82 Å². The van der Waals surface area contributed by atoms with Crippen molar-refractivity contribution < 1.29 is 18.7 Å². The maximum atomic E-state index is 13.6. The SMILES string of the molecule is COc1ccc(CCNC(=O)c2cc(Br)ccc2F)cc1OC. The van der Waals surface area contributed by atoms with Gasteiger partial charge < -0.3 is 14.8 Å². The van der Waals surface area contributed by atoms with Gasteiger partial charge in [0.05, 0.1) is 19.8 Å². The number of rotatable bonds is 6. The Morgan fingerprint density at radius 3 is 2.57 bits per heavy atom. The zero-order valence-electron chi connectivity index (χ0n) is 12.9. The molecule has 2 aromatic carbocycles. The number of nitrogens with one attached hydrogen (secondary N) is 1. The van der Waals surface area contributed by atoms with Crippen LogP contribution in [0, 0.1) is 5.82 Å². The first-order chi connectivity index (χ1) is 11.0. The summed E-state index contributed by atoms with van der Waals surface area (Å²) >= 11 is 3.23. The summed E-state index contributed by atoms with van der Waals surface area (Å²) in [5.41, 5.74) is 1.00. The summed E-state index contributed by atoms with van der Waals surface area (Å²) in [6.07, 6.45) is 0.599. The third-order valence-electron chi connectivity index (χ3n) is 3.32. The number of carbonyl (C=O) groups excluding carboxylic acids is 1. The van der Waals surface area contributed by atoms with Crippen molar-refractivity contribution in [3.63, 3.8) is 0 Å². The average Bonchev–Trinajstić information content (AvgIpc) is 2.56. The zero-order chi connectivity index (χ0) is 16.8. The highest BCUT2D eigenvalue weighted by Gasteiger charge is 2.12. The number of methoxy groups -OCH3 is 2. The molecule has 0 atom stereocenters. The van der Waals surface area contributed by atoms with Crippen molar-refractivity contribution in [1.29, 1.82) is 0 Å². The Hall–Kier alpha value is -2.08. The van der Waals surface area contributed by atoms with Crippen LogP contribution in [0.3, 0.4) is 0 Å². The fraction of sp³-hybridized carbons (Fsp3) is 0.235. The molecule has 1 N–H and O–H groups in total. The van der Waals surface area contributed by atoms with Crippen LogP contribution in [-0.4, -0.2) is 26.7 Å². The van der Waals surface area contributed by atoms with Gasteiger partial charge in [0.15, 0.2) is 11.5 Å². The van der Waals surface area contributed by atoms with Crippen molar-refractivity contribution in [3.05, 3.63) is 57.8 Å². The van der Waals surface area contributed by atoms with Crippen LogP contribution < -0.4 is 14.8 Å². The van der Waals surface area contributed by atoms with Crippen molar-refractivity contribution in [2.75, 3.05) is 20.8 Å². The molecule has 0 heterocycles. The quantitative estimate of drug-likeness (QED) is 0.831. The second-order valence-electron chi connectivity index (χ2n) is 4.82. The summed E-state index contributed by atoms with van der Waals surface area (Å²) < 4.78 is 24.7. The minimum Gasteiger partial charge on any atom is -0.493 e. The third kappa shape index (κ3) is 4.45. The summed E-state index contributed by atoms with van der Waals surface area (Å²) in [4.78, 5) is 12.0. The van der Waals surface area contributed by atoms with Crippen molar-refractivity contribution in [2.45, 2.75) is 6.42 Å². The van der Waals surface area contributed by atoms with Crippen molar-refractivity contribution in [2.24, 2.45) is 0 Å². The highest BCUT2D eigenvalue weighted by molar-refractivity contribution is 9.10. The fourth-order valence-electron chi connectivity index (χ4n) is 2.12. The highest BCUT2D eigenvalue weighted by Crippen LogP contribution is 2.27. The second-order valence-corrected chi connectivity index (χ2v) is 5.74. The number of amides is 1. The zero-order valence-corrected chi connectivity index (χ0v) is 14.4. The molecule has 23 heavy (non-hydrogen) atoms. The molecule has 0 spiro atoms. The predicted molar refractivity (Wildman–Crippen MR) is 89.7 cm³/mol. The fourth-order valence-corrected chi connectivity index (χ4v) is 2.48. The third-order valence-corrected chi connectivity index (χ3v) is 3.81. The van der Waals surface area contributed by atoms with E-state index in [1.165, 1.54) is 12.1 Å². The molecule has 6 heteroatoms. The summed E-state index contributed by atoms with van der Waals surface area (Å²) in [7, 11) is 3.14. The Labute approximate surface area is 142 Å². The second kappa shape index (κ2) is 7.97. The minimum atomic E-state index is -0.545. The van der Waals surface area contributed by atoms with Crippen LogP contribution in [0.4, 0.5) is 4.39 Å². The molecule has 0 aliphatic rings. The lowest BCUT2D eigenvalue weighted by Gasteiger charge is -2.10. The topological polar surface area (TPSA) is 47.6 Å². The van der Waals surface area contributed by atoms with Crippen molar-refractivity contribution >= 4 is 21.8 Å². The van der Waals surface area contributed by atoms with E-state index < -0.39 is 11.7 Å². The highest BCUT2D eigenvalue weighted by atomic mass is 79.9. The van der Waals surface area contributed by atoms with E-state index in [1.54, 1.807) is 20.3 Å². The molecular weight excluding hydrogens is 365 g/mol. The summed E-state index contributed by atoms with van der Waals surface area (Å²) in [6.45, 7) is 0.389. The van der Waals surface area contributed by atoms with Crippen LogP contribution in [0.25, 0.3) is 0 Å². The molecule has 122 valence electrons.